The zero-order valence-electron chi connectivity index (χ0n) is 16.3. The molecule has 0 radical (unpaired) electrons. The number of allylic oxidation sites excluding steroid dienone is 3. The number of rotatable bonds is 7. The van der Waals surface area contributed by atoms with Gasteiger partial charge in [0, 0.05) is 30.2 Å². The minimum atomic E-state index is -0.232. The molecule has 0 saturated carbocycles. The van der Waals surface area contributed by atoms with E-state index in [-0.39, 0.29) is 5.91 Å². The van der Waals surface area contributed by atoms with Crippen LogP contribution in [0.5, 0.6) is 0 Å². The van der Waals surface area contributed by atoms with Crippen LogP contribution in [0.2, 0.25) is 5.02 Å². The van der Waals surface area contributed by atoms with Gasteiger partial charge < -0.3 is 10.6 Å². The van der Waals surface area contributed by atoms with Crippen LogP contribution in [0.1, 0.15) is 23.2 Å². The van der Waals surface area contributed by atoms with Crippen molar-refractivity contribution < 1.29 is 4.79 Å². The number of pyridine rings is 2. The molecule has 1 amide bonds. The SMILES string of the molecule is O=C(Nc1ccc(Cl)c(-c2ccccn2)c1)c1ccc(NCCC2=CCC=C2)nc1. The lowest BCUT2D eigenvalue weighted by Gasteiger charge is -2.10. The van der Waals surface area contributed by atoms with Crippen LogP contribution in [0.15, 0.2) is 84.7 Å². The molecule has 2 heterocycles. The van der Waals surface area contributed by atoms with Gasteiger partial charge in [0.25, 0.3) is 5.91 Å². The zero-order valence-corrected chi connectivity index (χ0v) is 17.1. The molecular weight excluding hydrogens is 396 g/mol. The Labute approximate surface area is 180 Å². The molecule has 1 aromatic carbocycles. The Balaban J connectivity index is 1.38. The number of carbonyl (C=O) groups excluding carboxylic acids is 1. The van der Waals surface area contributed by atoms with Gasteiger partial charge in [0.05, 0.1) is 16.3 Å². The lowest BCUT2D eigenvalue weighted by molar-refractivity contribution is 0.102. The van der Waals surface area contributed by atoms with Gasteiger partial charge in [-0.3, -0.25) is 9.78 Å². The largest absolute Gasteiger partial charge is 0.370 e. The van der Waals surface area contributed by atoms with E-state index in [9.17, 15) is 4.79 Å². The van der Waals surface area contributed by atoms with Crippen molar-refractivity contribution in [3.8, 4) is 11.3 Å². The summed E-state index contributed by atoms with van der Waals surface area (Å²) in [4.78, 5) is 21.3. The zero-order chi connectivity index (χ0) is 20.8. The Hall–Kier alpha value is -3.44. The lowest BCUT2D eigenvalue weighted by atomic mass is 10.1. The van der Waals surface area contributed by atoms with Crippen LogP contribution in [0.4, 0.5) is 11.5 Å². The van der Waals surface area contributed by atoms with Gasteiger partial charge in [-0.15, -0.1) is 0 Å². The van der Waals surface area contributed by atoms with Crippen LogP contribution in [-0.2, 0) is 0 Å². The maximum atomic E-state index is 12.6. The average Bonchev–Trinajstić information content (AvgIpc) is 3.30. The number of anilines is 2. The molecule has 6 heteroatoms. The van der Waals surface area contributed by atoms with Gasteiger partial charge in [-0.25, -0.2) is 4.98 Å². The quantitative estimate of drug-likeness (QED) is 0.515. The number of aromatic nitrogens is 2. The molecule has 3 aromatic rings. The molecule has 30 heavy (non-hydrogen) atoms. The molecule has 4 rings (SSSR count). The molecular formula is C24H21ClN4O. The van der Waals surface area contributed by atoms with Crippen molar-refractivity contribution in [3.05, 3.63) is 95.3 Å². The minimum Gasteiger partial charge on any atom is -0.370 e. The van der Waals surface area contributed by atoms with Crippen molar-refractivity contribution >= 4 is 29.0 Å². The van der Waals surface area contributed by atoms with Crippen LogP contribution in [0.25, 0.3) is 11.3 Å². The molecule has 0 atom stereocenters. The second-order valence-electron chi connectivity index (χ2n) is 6.89. The van der Waals surface area contributed by atoms with E-state index in [1.165, 1.54) is 5.57 Å². The second-order valence-corrected chi connectivity index (χ2v) is 7.30. The normalized spacial score (nSPS) is 12.5. The highest BCUT2D eigenvalue weighted by Gasteiger charge is 2.10. The minimum absolute atomic E-state index is 0.232. The summed E-state index contributed by atoms with van der Waals surface area (Å²) in [5.74, 6) is 0.516. The van der Waals surface area contributed by atoms with E-state index in [1.807, 2.05) is 30.3 Å². The Bertz CT molecular complexity index is 1090. The van der Waals surface area contributed by atoms with Crippen molar-refractivity contribution in [1.82, 2.24) is 9.97 Å². The predicted octanol–water partition coefficient (Wildman–Crippen LogP) is 5.74. The van der Waals surface area contributed by atoms with Gasteiger partial charge >= 0.3 is 0 Å². The molecule has 0 bridgehead atoms. The van der Waals surface area contributed by atoms with Gasteiger partial charge in [-0.2, -0.15) is 0 Å². The number of hydrogen-bond acceptors (Lipinski definition) is 4. The fourth-order valence-electron chi connectivity index (χ4n) is 3.18. The highest BCUT2D eigenvalue weighted by molar-refractivity contribution is 6.33. The molecule has 2 N–H and O–H groups in total. The average molecular weight is 417 g/mol. The van der Waals surface area contributed by atoms with Crippen molar-refractivity contribution in [2.45, 2.75) is 12.8 Å². The molecule has 0 aliphatic heterocycles. The van der Waals surface area contributed by atoms with E-state index in [2.05, 4.69) is 38.8 Å². The summed E-state index contributed by atoms with van der Waals surface area (Å²) in [7, 11) is 0. The van der Waals surface area contributed by atoms with Crippen LogP contribution < -0.4 is 10.6 Å². The van der Waals surface area contributed by atoms with Crippen LogP contribution in [0.3, 0.4) is 0 Å². The molecule has 1 aliphatic carbocycles. The highest BCUT2D eigenvalue weighted by Crippen LogP contribution is 2.29. The van der Waals surface area contributed by atoms with E-state index in [1.54, 1.807) is 30.6 Å². The summed E-state index contributed by atoms with van der Waals surface area (Å²) in [5, 5.41) is 6.75. The van der Waals surface area contributed by atoms with Crippen molar-refractivity contribution in [1.29, 1.82) is 0 Å². The standard InChI is InChI=1S/C24H21ClN4O/c25-21-10-9-19(15-20(21)22-7-3-4-13-26-22)29-24(30)18-8-11-23(28-16-18)27-14-12-17-5-1-2-6-17/h1,3-11,13,15-16H,2,12,14H2,(H,27,28)(H,29,30). The monoisotopic (exact) mass is 416 g/mol. The molecule has 2 aromatic heterocycles. The number of nitrogens with one attached hydrogen (secondary N) is 2. The Morgan fingerprint density at radius 2 is 2.03 bits per heavy atom. The molecule has 5 nitrogen and oxygen atoms in total. The molecule has 1 aliphatic rings. The first-order chi connectivity index (χ1) is 14.7. The number of carbonyl (C=O) groups is 1. The van der Waals surface area contributed by atoms with Gasteiger partial charge in [-0.05, 0) is 55.3 Å². The summed E-state index contributed by atoms with van der Waals surface area (Å²) in [6.45, 7) is 0.801. The third-order valence-electron chi connectivity index (χ3n) is 4.76. The van der Waals surface area contributed by atoms with Crippen LogP contribution in [-0.4, -0.2) is 22.4 Å². The Morgan fingerprint density at radius 1 is 1.10 bits per heavy atom. The topological polar surface area (TPSA) is 66.9 Å². The van der Waals surface area contributed by atoms with Gasteiger partial charge in [-0.1, -0.05) is 41.5 Å². The smallest absolute Gasteiger partial charge is 0.257 e. The maximum absolute atomic E-state index is 12.6. The number of hydrogen-bond donors (Lipinski definition) is 2. The first-order valence-electron chi connectivity index (χ1n) is 9.77. The maximum Gasteiger partial charge on any atom is 0.257 e. The molecule has 150 valence electrons. The molecule has 0 spiro atoms. The summed E-state index contributed by atoms with van der Waals surface area (Å²) >= 11 is 6.31. The van der Waals surface area contributed by atoms with E-state index in [4.69, 9.17) is 11.6 Å². The summed E-state index contributed by atoms with van der Waals surface area (Å²) < 4.78 is 0. The third-order valence-corrected chi connectivity index (χ3v) is 5.09. The first-order valence-corrected chi connectivity index (χ1v) is 10.1. The number of benzene rings is 1. The lowest BCUT2D eigenvalue weighted by Crippen LogP contribution is -2.13. The van der Waals surface area contributed by atoms with Gasteiger partial charge in [0.1, 0.15) is 5.82 Å². The summed E-state index contributed by atoms with van der Waals surface area (Å²) in [5.41, 5.74) is 3.98. The Morgan fingerprint density at radius 3 is 2.77 bits per heavy atom. The summed E-state index contributed by atoms with van der Waals surface area (Å²) in [6, 6.07) is 14.5. The highest BCUT2D eigenvalue weighted by atomic mass is 35.5. The Kier molecular flexibility index (Phi) is 6.20. The number of amides is 1. The number of halogens is 1. The van der Waals surface area contributed by atoms with Crippen LogP contribution >= 0.6 is 11.6 Å². The van der Waals surface area contributed by atoms with Crippen molar-refractivity contribution in [2.24, 2.45) is 0 Å². The second kappa shape index (κ2) is 9.37. The molecule has 0 saturated heterocycles. The van der Waals surface area contributed by atoms with Gasteiger partial charge in [0.15, 0.2) is 0 Å². The fourth-order valence-corrected chi connectivity index (χ4v) is 3.40. The van der Waals surface area contributed by atoms with Crippen molar-refractivity contribution in [2.75, 3.05) is 17.2 Å². The predicted molar refractivity (Wildman–Crippen MR) is 122 cm³/mol. The summed E-state index contributed by atoms with van der Waals surface area (Å²) in [6.07, 6.45) is 11.8. The fraction of sp³-hybridized carbons (Fsp3) is 0.125. The van der Waals surface area contributed by atoms with E-state index < -0.39 is 0 Å². The van der Waals surface area contributed by atoms with Crippen molar-refractivity contribution in [3.63, 3.8) is 0 Å². The van der Waals surface area contributed by atoms with E-state index in [0.717, 1.165) is 36.5 Å². The van der Waals surface area contributed by atoms with Gasteiger partial charge in [0.2, 0.25) is 0 Å². The first kappa shape index (κ1) is 19.9. The molecule has 0 unspecified atom stereocenters. The third kappa shape index (κ3) is 4.93. The van der Waals surface area contributed by atoms with E-state index in [0.29, 0.717) is 16.3 Å². The van der Waals surface area contributed by atoms with E-state index >= 15 is 0 Å². The van der Waals surface area contributed by atoms with Crippen LogP contribution in [0, 0.1) is 0 Å². The number of nitrogens with zero attached hydrogens (tertiary/aromatic N) is 2. The molecule has 0 fully saturated rings.